The highest BCUT2D eigenvalue weighted by Crippen LogP contribution is 2.33. The fourth-order valence-corrected chi connectivity index (χ4v) is 1.68. The molecule has 0 N–H and O–H groups in total. The van der Waals surface area contributed by atoms with Gasteiger partial charge < -0.3 is 4.74 Å². The van der Waals surface area contributed by atoms with Gasteiger partial charge in [0.25, 0.3) is 5.69 Å². The molecule has 17 heavy (non-hydrogen) atoms. The molecule has 0 aliphatic carbocycles. The predicted molar refractivity (Wildman–Crippen MR) is 55.7 cm³/mol. The van der Waals surface area contributed by atoms with E-state index in [2.05, 4.69) is 9.72 Å². The van der Waals surface area contributed by atoms with Crippen LogP contribution in [0.15, 0.2) is 6.20 Å². The van der Waals surface area contributed by atoms with Gasteiger partial charge in [-0.15, -0.1) is 13.2 Å². The van der Waals surface area contributed by atoms with Crippen LogP contribution in [0.1, 0.15) is 10.4 Å². The van der Waals surface area contributed by atoms with Crippen LogP contribution in [0.4, 0.5) is 18.9 Å². The van der Waals surface area contributed by atoms with Crippen molar-refractivity contribution in [1.29, 1.82) is 0 Å². The number of carbonyl (C=O) groups excluding carboxylic acids is 1. The molecule has 0 spiro atoms. The van der Waals surface area contributed by atoms with Gasteiger partial charge in [0.1, 0.15) is 5.56 Å². The van der Waals surface area contributed by atoms with Crippen LogP contribution in [0.25, 0.3) is 0 Å². The molecule has 1 aromatic heterocycles. The highest BCUT2D eigenvalue weighted by Gasteiger charge is 2.35. The van der Waals surface area contributed by atoms with Crippen molar-refractivity contribution in [3.05, 3.63) is 25.4 Å². The van der Waals surface area contributed by atoms with Crippen molar-refractivity contribution in [2.24, 2.45) is 0 Å². The van der Waals surface area contributed by atoms with E-state index in [4.69, 9.17) is 0 Å². The SMILES string of the molecule is O=Cc1cnc(OC(F)(F)F)c(I)c1[N+](=O)[O-]. The summed E-state index contributed by atoms with van der Waals surface area (Å²) in [5.41, 5.74) is -1.19. The lowest BCUT2D eigenvalue weighted by Gasteiger charge is -2.09. The van der Waals surface area contributed by atoms with Gasteiger partial charge >= 0.3 is 6.36 Å². The normalized spacial score (nSPS) is 11.1. The topological polar surface area (TPSA) is 82.3 Å². The minimum Gasteiger partial charge on any atom is -0.386 e. The van der Waals surface area contributed by atoms with Gasteiger partial charge in [0.15, 0.2) is 9.86 Å². The Bertz CT molecular complexity index is 477. The Labute approximate surface area is 105 Å². The first kappa shape index (κ1) is 13.6. The minimum absolute atomic E-state index is 0.130. The largest absolute Gasteiger partial charge is 0.574 e. The van der Waals surface area contributed by atoms with E-state index < -0.39 is 32.0 Å². The molecule has 0 unspecified atom stereocenters. The highest BCUT2D eigenvalue weighted by atomic mass is 127. The Morgan fingerprint density at radius 2 is 2.12 bits per heavy atom. The Morgan fingerprint density at radius 1 is 1.53 bits per heavy atom. The van der Waals surface area contributed by atoms with Gasteiger partial charge in [0.05, 0.1) is 4.92 Å². The van der Waals surface area contributed by atoms with Gasteiger partial charge in [-0.05, 0) is 22.6 Å². The third kappa shape index (κ3) is 3.25. The molecule has 1 rings (SSSR count). The average molecular weight is 362 g/mol. The van der Waals surface area contributed by atoms with Gasteiger partial charge in [0.2, 0.25) is 5.88 Å². The monoisotopic (exact) mass is 362 g/mol. The molecule has 0 saturated heterocycles. The quantitative estimate of drug-likeness (QED) is 0.357. The Balaban J connectivity index is 3.33. The van der Waals surface area contributed by atoms with Gasteiger partial charge in [-0.25, -0.2) is 4.98 Å². The Kier molecular flexibility index (Phi) is 3.85. The molecular weight excluding hydrogens is 360 g/mol. The highest BCUT2D eigenvalue weighted by molar-refractivity contribution is 14.1. The molecule has 0 radical (unpaired) electrons. The summed E-state index contributed by atoms with van der Waals surface area (Å²) in [6.45, 7) is 0. The molecule has 0 bridgehead atoms. The lowest BCUT2D eigenvalue weighted by Crippen LogP contribution is -2.19. The summed E-state index contributed by atoms with van der Waals surface area (Å²) in [5.74, 6) is -0.963. The summed E-state index contributed by atoms with van der Waals surface area (Å²) >= 11 is 1.26. The van der Waals surface area contributed by atoms with Crippen LogP contribution in [0.5, 0.6) is 5.88 Å². The number of nitro groups is 1. The Morgan fingerprint density at radius 3 is 2.53 bits per heavy atom. The van der Waals surface area contributed by atoms with Gasteiger partial charge in [-0.1, -0.05) is 0 Å². The molecule has 0 aliphatic rings. The summed E-state index contributed by atoms with van der Waals surface area (Å²) in [7, 11) is 0. The van der Waals surface area contributed by atoms with Gasteiger partial charge in [-0.2, -0.15) is 0 Å². The van der Waals surface area contributed by atoms with Crippen LogP contribution in [0, 0.1) is 13.7 Å². The number of ether oxygens (including phenoxy) is 1. The molecule has 0 fully saturated rings. The molecule has 1 aromatic rings. The van der Waals surface area contributed by atoms with Crippen molar-refractivity contribution in [2.75, 3.05) is 0 Å². The number of aromatic nitrogens is 1. The lowest BCUT2D eigenvalue weighted by molar-refractivity contribution is -0.386. The van der Waals surface area contributed by atoms with Crippen LogP contribution >= 0.6 is 22.6 Å². The van der Waals surface area contributed by atoms with E-state index in [0.717, 1.165) is 0 Å². The molecule has 0 atom stereocenters. The van der Waals surface area contributed by atoms with Crippen LogP contribution < -0.4 is 4.74 Å². The van der Waals surface area contributed by atoms with Crippen LogP contribution in [0.2, 0.25) is 0 Å². The number of hydrogen-bond donors (Lipinski definition) is 0. The fraction of sp³-hybridized carbons (Fsp3) is 0.143. The smallest absolute Gasteiger partial charge is 0.386 e. The maximum Gasteiger partial charge on any atom is 0.574 e. The maximum absolute atomic E-state index is 11.9. The van der Waals surface area contributed by atoms with E-state index in [-0.39, 0.29) is 6.29 Å². The molecule has 0 aromatic carbocycles. The molecule has 0 saturated carbocycles. The van der Waals surface area contributed by atoms with Crippen LogP contribution in [-0.2, 0) is 0 Å². The molecule has 0 aliphatic heterocycles. The number of aldehydes is 1. The number of nitrogens with zero attached hydrogens (tertiary/aromatic N) is 2. The van der Waals surface area contributed by atoms with Crippen molar-refractivity contribution < 1.29 is 27.6 Å². The first-order chi connectivity index (χ1) is 7.76. The zero-order valence-corrected chi connectivity index (χ0v) is 9.85. The average Bonchev–Trinajstić information content (AvgIpc) is 2.18. The van der Waals surface area contributed by atoms with Crippen molar-refractivity contribution in [1.82, 2.24) is 4.98 Å². The van der Waals surface area contributed by atoms with E-state index in [1.54, 1.807) is 0 Å². The van der Waals surface area contributed by atoms with Crippen molar-refractivity contribution in [3.63, 3.8) is 0 Å². The predicted octanol–water partition coefficient (Wildman–Crippen LogP) is 2.31. The van der Waals surface area contributed by atoms with Crippen LogP contribution in [-0.4, -0.2) is 22.6 Å². The van der Waals surface area contributed by atoms with Gasteiger partial charge in [0, 0.05) is 6.20 Å². The van der Waals surface area contributed by atoms with Crippen molar-refractivity contribution in [3.8, 4) is 5.88 Å². The van der Waals surface area contributed by atoms with E-state index in [1.807, 2.05) is 0 Å². The van der Waals surface area contributed by atoms with Crippen molar-refractivity contribution in [2.45, 2.75) is 6.36 Å². The number of alkyl halides is 3. The molecule has 10 heteroatoms. The van der Waals surface area contributed by atoms with E-state index in [0.29, 0.717) is 6.20 Å². The molecular formula is C7H2F3IN2O4. The van der Waals surface area contributed by atoms with Crippen molar-refractivity contribution >= 4 is 34.6 Å². The molecule has 92 valence electrons. The third-order valence-corrected chi connectivity index (χ3v) is 2.48. The first-order valence-corrected chi connectivity index (χ1v) is 4.88. The third-order valence-electron chi connectivity index (χ3n) is 1.51. The number of pyridine rings is 1. The number of halogens is 4. The van der Waals surface area contributed by atoms with E-state index >= 15 is 0 Å². The fourth-order valence-electron chi connectivity index (χ4n) is 0.927. The summed E-state index contributed by atoms with van der Waals surface area (Å²) in [4.78, 5) is 23.3. The second-order valence-corrected chi connectivity index (χ2v) is 3.68. The van der Waals surface area contributed by atoms with E-state index in [1.165, 1.54) is 22.6 Å². The zero-order chi connectivity index (χ0) is 13.2. The number of hydrogen-bond acceptors (Lipinski definition) is 5. The minimum atomic E-state index is -5.01. The second kappa shape index (κ2) is 4.81. The molecule has 6 nitrogen and oxygen atoms in total. The second-order valence-electron chi connectivity index (χ2n) is 2.60. The summed E-state index contributed by atoms with van der Waals surface area (Å²) < 4.78 is 38.8. The lowest BCUT2D eigenvalue weighted by atomic mass is 10.2. The maximum atomic E-state index is 11.9. The zero-order valence-electron chi connectivity index (χ0n) is 7.69. The summed E-state index contributed by atoms with van der Waals surface area (Å²) in [6, 6.07) is 0. The van der Waals surface area contributed by atoms with Crippen LogP contribution in [0.3, 0.4) is 0 Å². The standard InChI is InChI=1S/C7H2F3IN2O4/c8-7(9,10)17-6-4(11)5(13(15)16)3(2-14)1-12-6/h1-2H. The van der Waals surface area contributed by atoms with Gasteiger partial charge in [-0.3, -0.25) is 14.9 Å². The number of carbonyl (C=O) groups is 1. The summed E-state index contributed by atoms with van der Waals surface area (Å²) in [5, 5.41) is 10.6. The summed E-state index contributed by atoms with van der Waals surface area (Å²) in [6.07, 6.45) is -4.23. The van der Waals surface area contributed by atoms with E-state index in [9.17, 15) is 28.1 Å². The Hall–Kier alpha value is -1.46. The first-order valence-electron chi connectivity index (χ1n) is 3.80. The molecule has 0 amide bonds. The molecule has 1 heterocycles. The number of rotatable bonds is 3.